The summed E-state index contributed by atoms with van der Waals surface area (Å²) in [5, 5.41) is 1.27. The average molecular weight is 352 g/mol. The fourth-order valence-corrected chi connectivity index (χ4v) is 4.60. The third-order valence-electron chi connectivity index (χ3n) is 3.79. The molecule has 0 unspecified atom stereocenters. The normalized spacial score (nSPS) is 15.1. The molecule has 1 aliphatic rings. The summed E-state index contributed by atoms with van der Waals surface area (Å²) in [6.07, 6.45) is 4.42. The van der Waals surface area contributed by atoms with Crippen molar-refractivity contribution in [2.45, 2.75) is 31.4 Å². The predicted octanol–water partition coefficient (Wildman–Crippen LogP) is 2.06. The Morgan fingerprint density at radius 3 is 3.13 bits per heavy atom. The van der Waals surface area contributed by atoms with Gasteiger partial charge in [0.25, 0.3) is 5.56 Å². The number of fused-ring (bicyclic) bond motifs is 3. The standard InChI is InChI=1S/C15H20N4O2S2/c1-21-7-6-17-15(16)22-8-11-18-13(20)12-9-4-2-3-5-10(9)23-14(12)19-11/h2-8H2,1H3,(H2,16,17)(H,18,19,20). The van der Waals surface area contributed by atoms with Crippen LogP contribution in [0.3, 0.4) is 0 Å². The van der Waals surface area contributed by atoms with Gasteiger partial charge in [-0.15, -0.1) is 11.3 Å². The molecular weight excluding hydrogens is 332 g/mol. The van der Waals surface area contributed by atoms with Crippen LogP contribution in [0.15, 0.2) is 9.79 Å². The Morgan fingerprint density at radius 1 is 1.48 bits per heavy atom. The zero-order valence-electron chi connectivity index (χ0n) is 13.1. The van der Waals surface area contributed by atoms with E-state index in [-0.39, 0.29) is 5.56 Å². The summed E-state index contributed by atoms with van der Waals surface area (Å²) in [6, 6.07) is 0. The van der Waals surface area contributed by atoms with Crippen LogP contribution in [0.1, 0.15) is 29.1 Å². The van der Waals surface area contributed by atoms with Crippen LogP contribution in [0, 0.1) is 0 Å². The van der Waals surface area contributed by atoms with Crippen molar-refractivity contribution in [3.8, 4) is 0 Å². The van der Waals surface area contributed by atoms with Gasteiger partial charge in [0.2, 0.25) is 0 Å². The van der Waals surface area contributed by atoms with E-state index in [0.29, 0.717) is 29.9 Å². The highest BCUT2D eigenvalue weighted by Crippen LogP contribution is 2.33. The van der Waals surface area contributed by atoms with E-state index in [4.69, 9.17) is 10.5 Å². The molecule has 0 saturated heterocycles. The van der Waals surface area contributed by atoms with Gasteiger partial charge >= 0.3 is 0 Å². The lowest BCUT2D eigenvalue weighted by molar-refractivity contribution is 0.208. The second-order valence-corrected chi connectivity index (χ2v) is 7.48. The third kappa shape index (κ3) is 3.76. The summed E-state index contributed by atoms with van der Waals surface area (Å²) < 4.78 is 4.93. The molecule has 1 aliphatic carbocycles. The first-order valence-corrected chi connectivity index (χ1v) is 9.44. The first kappa shape index (κ1) is 16.5. The molecule has 6 nitrogen and oxygen atoms in total. The summed E-state index contributed by atoms with van der Waals surface area (Å²) in [5.74, 6) is 1.16. The van der Waals surface area contributed by atoms with Crippen molar-refractivity contribution in [3.05, 3.63) is 26.6 Å². The number of nitrogens with two attached hydrogens (primary N) is 1. The van der Waals surface area contributed by atoms with Crippen LogP contribution in [0.5, 0.6) is 0 Å². The molecule has 8 heteroatoms. The summed E-state index contributed by atoms with van der Waals surface area (Å²) in [7, 11) is 1.63. The number of H-pyrrole nitrogens is 1. The highest BCUT2D eigenvalue weighted by Gasteiger charge is 2.19. The van der Waals surface area contributed by atoms with Gasteiger partial charge in [-0.2, -0.15) is 0 Å². The number of ether oxygens (including phenoxy) is 1. The molecule has 23 heavy (non-hydrogen) atoms. The fraction of sp³-hybridized carbons (Fsp3) is 0.533. The number of aryl methyl sites for hydroxylation is 2. The van der Waals surface area contributed by atoms with Crippen LogP contribution >= 0.6 is 23.1 Å². The molecule has 3 rings (SSSR count). The fourth-order valence-electron chi connectivity index (χ4n) is 2.71. The number of aromatic nitrogens is 2. The minimum Gasteiger partial charge on any atom is -0.383 e. The monoisotopic (exact) mass is 352 g/mol. The number of aliphatic imine (C=N–C) groups is 1. The summed E-state index contributed by atoms with van der Waals surface area (Å²) in [5.41, 5.74) is 7.02. The van der Waals surface area contributed by atoms with Gasteiger partial charge in [0.05, 0.1) is 24.3 Å². The number of thiophene rings is 1. The van der Waals surface area contributed by atoms with Crippen LogP contribution in [-0.2, 0) is 23.3 Å². The van der Waals surface area contributed by atoms with Crippen molar-refractivity contribution in [3.63, 3.8) is 0 Å². The van der Waals surface area contributed by atoms with Crippen LogP contribution < -0.4 is 11.3 Å². The van der Waals surface area contributed by atoms with Crippen molar-refractivity contribution in [1.29, 1.82) is 0 Å². The van der Waals surface area contributed by atoms with Gasteiger partial charge in [0.1, 0.15) is 10.7 Å². The van der Waals surface area contributed by atoms with E-state index in [1.54, 1.807) is 18.4 Å². The van der Waals surface area contributed by atoms with Crippen molar-refractivity contribution >= 4 is 38.5 Å². The lowest BCUT2D eigenvalue weighted by Crippen LogP contribution is -2.14. The zero-order chi connectivity index (χ0) is 16.2. The molecule has 0 aromatic carbocycles. The van der Waals surface area contributed by atoms with E-state index in [0.717, 1.165) is 29.5 Å². The molecule has 2 aromatic rings. The number of nitrogens with one attached hydrogen (secondary N) is 1. The van der Waals surface area contributed by atoms with Gasteiger partial charge in [-0.3, -0.25) is 9.79 Å². The minimum atomic E-state index is -0.0279. The smallest absolute Gasteiger partial charge is 0.259 e. The van der Waals surface area contributed by atoms with E-state index in [9.17, 15) is 4.79 Å². The molecule has 0 spiro atoms. The second-order valence-electron chi connectivity index (χ2n) is 5.41. The quantitative estimate of drug-likeness (QED) is 0.488. The van der Waals surface area contributed by atoms with Gasteiger partial charge in [0.15, 0.2) is 5.17 Å². The van der Waals surface area contributed by atoms with Crippen molar-refractivity contribution < 1.29 is 4.74 Å². The number of rotatable bonds is 5. The Balaban J connectivity index is 1.78. The minimum absolute atomic E-state index is 0.0279. The molecule has 0 saturated carbocycles. The maximum absolute atomic E-state index is 12.4. The molecule has 124 valence electrons. The first-order chi connectivity index (χ1) is 11.2. The largest absolute Gasteiger partial charge is 0.383 e. The number of aromatic amines is 1. The van der Waals surface area contributed by atoms with Crippen molar-refractivity contribution in [1.82, 2.24) is 9.97 Å². The van der Waals surface area contributed by atoms with Crippen LogP contribution in [0.25, 0.3) is 10.2 Å². The second kappa shape index (κ2) is 7.46. The van der Waals surface area contributed by atoms with Gasteiger partial charge in [0, 0.05) is 12.0 Å². The SMILES string of the molecule is COCCN=C(N)SCc1nc2sc3c(c2c(=O)[nH]1)CCCC3. The first-order valence-electron chi connectivity index (χ1n) is 7.64. The molecule has 0 atom stereocenters. The lowest BCUT2D eigenvalue weighted by Gasteiger charge is -2.09. The molecule has 0 aliphatic heterocycles. The van der Waals surface area contributed by atoms with E-state index >= 15 is 0 Å². The lowest BCUT2D eigenvalue weighted by atomic mass is 9.97. The Hall–Kier alpha value is -1.38. The molecule has 0 fully saturated rings. The van der Waals surface area contributed by atoms with E-state index in [2.05, 4.69) is 15.0 Å². The summed E-state index contributed by atoms with van der Waals surface area (Å²) in [4.78, 5) is 26.3. The zero-order valence-corrected chi connectivity index (χ0v) is 14.7. The van der Waals surface area contributed by atoms with E-state index < -0.39 is 0 Å². The van der Waals surface area contributed by atoms with Crippen molar-refractivity contribution in [2.75, 3.05) is 20.3 Å². The molecule has 0 bridgehead atoms. The van der Waals surface area contributed by atoms with E-state index in [1.807, 2.05) is 0 Å². The molecule has 0 amide bonds. The Bertz CT molecular complexity index is 782. The predicted molar refractivity (Wildman–Crippen MR) is 96.5 cm³/mol. The van der Waals surface area contributed by atoms with Gasteiger partial charge in [-0.05, 0) is 31.2 Å². The number of thioether (sulfide) groups is 1. The average Bonchev–Trinajstić information content (AvgIpc) is 2.92. The van der Waals surface area contributed by atoms with E-state index in [1.165, 1.54) is 28.6 Å². The number of hydrogen-bond acceptors (Lipinski definition) is 6. The summed E-state index contributed by atoms with van der Waals surface area (Å²) in [6.45, 7) is 1.08. The Morgan fingerprint density at radius 2 is 2.30 bits per heavy atom. The van der Waals surface area contributed by atoms with Gasteiger partial charge < -0.3 is 15.5 Å². The maximum atomic E-state index is 12.4. The number of nitrogens with zero attached hydrogens (tertiary/aromatic N) is 2. The molecule has 3 N–H and O–H groups in total. The number of amidine groups is 1. The number of methoxy groups -OCH3 is 1. The molecular formula is C15H20N4O2S2. The molecule has 2 aromatic heterocycles. The Labute approximate surface area is 142 Å². The third-order valence-corrected chi connectivity index (χ3v) is 5.82. The molecule has 0 radical (unpaired) electrons. The topological polar surface area (TPSA) is 93.4 Å². The van der Waals surface area contributed by atoms with Crippen LogP contribution in [0.2, 0.25) is 0 Å². The van der Waals surface area contributed by atoms with Crippen LogP contribution in [0.4, 0.5) is 0 Å². The maximum Gasteiger partial charge on any atom is 0.259 e. The summed E-state index contributed by atoms with van der Waals surface area (Å²) >= 11 is 3.04. The highest BCUT2D eigenvalue weighted by molar-refractivity contribution is 8.13. The van der Waals surface area contributed by atoms with Gasteiger partial charge in [-0.1, -0.05) is 11.8 Å². The number of hydrogen-bond donors (Lipinski definition) is 2. The van der Waals surface area contributed by atoms with Gasteiger partial charge in [-0.25, -0.2) is 4.98 Å². The van der Waals surface area contributed by atoms with Crippen molar-refractivity contribution in [2.24, 2.45) is 10.7 Å². The Kier molecular flexibility index (Phi) is 5.34. The highest BCUT2D eigenvalue weighted by atomic mass is 32.2. The molecule has 2 heterocycles. The van der Waals surface area contributed by atoms with Crippen LogP contribution in [-0.4, -0.2) is 35.4 Å².